The number of hydrogen-bond donors (Lipinski definition) is 1. The minimum atomic E-state index is -0.569. The maximum atomic E-state index is 6.71. The summed E-state index contributed by atoms with van der Waals surface area (Å²) in [5, 5.41) is 10.3. The minimum Gasteiger partial charge on any atom is -0.456 e. The normalized spacial score (nSPS) is 13.7. The Morgan fingerprint density at radius 1 is 0.360 bits per heavy atom. The zero-order valence-corrected chi connectivity index (χ0v) is 40.5. The number of benzene rings is 11. The molecule has 0 amide bonds. The lowest BCUT2D eigenvalue weighted by Crippen LogP contribution is -2.33. The van der Waals surface area contributed by atoms with E-state index in [1.807, 2.05) is 36.4 Å². The first kappa shape index (κ1) is 42.6. The third-order valence-electron chi connectivity index (χ3n) is 14.9. The summed E-state index contributed by atoms with van der Waals surface area (Å²) >= 11 is 0. The molecule has 11 aromatic carbocycles. The molecule has 0 aliphatic carbocycles. The Morgan fingerprint density at radius 3 is 1.48 bits per heavy atom. The van der Waals surface area contributed by atoms with Crippen LogP contribution in [0.1, 0.15) is 22.9 Å². The van der Waals surface area contributed by atoms with E-state index in [1.165, 1.54) is 33.0 Å². The quantitative estimate of drug-likeness (QED) is 0.165. The fourth-order valence-electron chi connectivity index (χ4n) is 11.4. The Hall–Kier alpha value is -10.0. The summed E-state index contributed by atoms with van der Waals surface area (Å²) in [7, 11) is 0. The van der Waals surface area contributed by atoms with E-state index in [0.717, 1.165) is 99.5 Å². The van der Waals surface area contributed by atoms with Crippen LogP contribution in [0.25, 0.3) is 116 Å². The van der Waals surface area contributed by atoms with E-state index < -0.39 is 6.17 Å². The van der Waals surface area contributed by atoms with Gasteiger partial charge in [-0.3, -0.25) is 0 Å². The third kappa shape index (κ3) is 7.10. The van der Waals surface area contributed by atoms with Gasteiger partial charge in [-0.2, -0.15) is 0 Å². The molecule has 75 heavy (non-hydrogen) atoms. The van der Waals surface area contributed by atoms with Gasteiger partial charge in [0.25, 0.3) is 0 Å². The SMILES string of the molecule is c1ccc(-c2ccc3c(c2)c2cc(-c4ccccc4)ccc2n3-c2c(-c3ccccc3)cc(C3=NC(c4cccc5c4oc4ccccc45)NC(c4cccc5oc6ccccc6c45)=N3)cc2-c2ccccc2)cc1. The van der Waals surface area contributed by atoms with Crippen LogP contribution in [0, 0.1) is 0 Å². The predicted molar refractivity (Wildman–Crippen MR) is 309 cm³/mol. The molecule has 0 bridgehead atoms. The molecule has 0 spiro atoms. The molecule has 1 N–H and O–H groups in total. The van der Waals surface area contributed by atoms with Crippen molar-refractivity contribution < 1.29 is 8.83 Å². The van der Waals surface area contributed by atoms with Gasteiger partial charge in [0.05, 0.1) is 16.7 Å². The van der Waals surface area contributed by atoms with Crippen LogP contribution in [0.4, 0.5) is 0 Å². The summed E-state index contributed by atoms with van der Waals surface area (Å²) in [5.74, 6) is 1.28. The maximum absolute atomic E-state index is 6.71. The number of nitrogens with one attached hydrogen (secondary N) is 1. The molecule has 4 heterocycles. The monoisotopic (exact) mass is 960 g/mol. The summed E-state index contributed by atoms with van der Waals surface area (Å²) in [6, 6.07) is 90.2. The predicted octanol–water partition coefficient (Wildman–Crippen LogP) is 17.7. The van der Waals surface area contributed by atoms with E-state index in [-0.39, 0.29) is 0 Å². The Bertz CT molecular complexity index is 4450. The number of para-hydroxylation sites is 3. The Labute approximate surface area is 431 Å². The van der Waals surface area contributed by atoms with Crippen molar-refractivity contribution in [3.05, 3.63) is 271 Å². The molecule has 0 saturated carbocycles. The zero-order chi connectivity index (χ0) is 49.4. The smallest absolute Gasteiger partial charge is 0.159 e. The molecule has 1 aliphatic rings. The average molecular weight is 961 g/mol. The van der Waals surface area contributed by atoms with Crippen molar-refractivity contribution in [2.45, 2.75) is 6.17 Å². The van der Waals surface area contributed by atoms with Gasteiger partial charge in [0.1, 0.15) is 28.2 Å². The van der Waals surface area contributed by atoms with Gasteiger partial charge in [-0.15, -0.1) is 0 Å². The highest BCUT2D eigenvalue weighted by molar-refractivity contribution is 6.22. The number of aromatic nitrogens is 1. The summed E-state index contributed by atoms with van der Waals surface area (Å²) in [4.78, 5) is 11.2. The van der Waals surface area contributed by atoms with Crippen LogP contribution in [-0.2, 0) is 0 Å². The van der Waals surface area contributed by atoms with Crippen LogP contribution in [0.3, 0.4) is 0 Å². The molecule has 14 aromatic rings. The molecule has 0 radical (unpaired) electrons. The third-order valence-corrected chi connectivity index (χ3v) is 14.9. The van der Waals surface area contributed by atoms with E-state index in [9.17, 15) is 0 Å². The Balaban J connectivity index is 1.02. The van der Waals surface area contributed by atoms with Gasteiger partial charge in [0.2, 0.25) is 0 Å². The second kappa shape index (κ2) is 17.3. The molecule has 6 heteroatoms. The lowest BCUT2D eigenvalue weighted by Gasteiger charge is -2.25. The highest BCUT2D eigenvalue weighted by Crippen LogP contribution is 2.45. The summed E-state index contributed by atoms with van der Waals surface area (Å²) < 4.78 is 15.7. The first-order chi connectivity index (χ1) is 37.2. The number of amidine groups is 2. The highest BCUT2D eigenvalue weighted by atomic mass is 16.3. The fourth-order valence-corrected chi connectivity index (χ4v) is 11.4. The first-order valence-corrected chi connectivity index (χ1v) is 25.4. The van der Waals surface area contributed by atoms with E-state index in [2.05, 4.69) is 228 Å². The van der Waals surface area contributed by atoms with Crippen LogP contribution >= 0.6 is 0 Å². The number of fused-ring (bicyclic) bond motifs is 9. The molecule has 352 valence electrons. The summed E-state index contributed by atoms with van der Waals surface area (Å²) in [6.07, 6.45) is -0.569. The summed E-state index contributed by atoms with van der Waals surface area (Å²) in [6.45, 7) is 0. The molecular formula is C69H44N4O2. The molecule has 1 aliphatic heterocycles. The fraction of sp³-hybridized carbons (Fsp3) is 0.0145. The molecule has 0 fully saturated rings. The average Bonchev–Trinajstić information content (AvgIpc) is 4.22. The van der Waals surface area contributed by atoms with E-state index in [0.29, 0.717) is 11.7 Å². The topological polar surface area (TPSA) is 68.0 Å². The van der Waals surface area contributed by atoms with Gasteiger partial charge in [-0.05, 0) is 88.0 Å². The molecular weight excluding hydrogens is 917 g/mol. The standard InChI is InChI=1S/C69H44N4O2/c1-5-19-43(20-6-1)47-35-37-59-57(39-47)58-40-48(44-21-7-2-8-22-44)36-38-60(58)73(59)65-55(45-23-9-3-10-24-45)41-49(42-56(65)46-25-11-4-12-26-46)67-70-68(53-30-18-34-63-64(53)52-28-14-16-33-62(52)74-63)72-69(71-67)54-31-17-29-51-50-27-13-15-32-61(50)75-66(51)54/h1-42,69H,(H,70,71,72). The molecule has 1 atom stereocenters. The molecule has 3 aromatic heterocycles. The van der Waals surface area contributed by atoms with E-state index >= 15 is 0 Å². The van der Waals surface area contributed by atoms with Crippen molar-refractivity contribution in [2.24, 2.45) is 9.98 Å². The van der Waals surface area contributed by atoms with E-state index in [1.54, 1.807) is 0 Å². The molecule has 1 unspecified atom stereocenters. The van der Waals surface area contributed by atoms with Crippen LogP contribution in [-0.4, -0.2) is 16.2 Å². The minimum absolute atomic E-state index is 0.569. The number of furan rings is 2. The van der Waals surface area contributed by atoms with Gasteiger partial charge in [0, 0.05) is 60.1 Å². The number of rotatable bonds is 8. The highest BCUT2D eigenvalue weighted by Gasteiger charge is 2.29. The number of aliphatic imine (C=N–C) groups is 2. The van der Waals surface area contributed by atoms with Crippen LogP contribution in [0.15, 0.2) is 274 Å². The zero-order valence-electron chi connectivity index (χ0n) is 40.5. The maximum Gasteiger partial charge on any atom is 0.159 e. The van der Waals surface area contributed by atoms with Crippen molar-refractivity contribution in [3.8, 4) is 50.2 Å². The van der Waals surface area contributed by atoms with E-state index in [4.69, 9.17) is 18.8 Å². The number of hydrogen-bond acceptors (Lipinski definition) is 5. The molecule has 0 saturated heterocycles. The van der Waals surface area contributed by atoms with Gasteiger partial charge >= 0.3 is 0 Å². The largest absolute Gasteiger partial charge is 0.456 e. The van der Waals surface area contributed by atoms with Crippen molar-refractivity contribution in [3.63, 3.8) is 0 Å². The van der Waals surface area contributed by atoms with Crippen molar-refractivity contribution >= 4 is 77.4 Å². The molecule has 6 nitrogen and oxygen atoms in total. The second-order valence-corrected chi connectivity index (χ2v) is 19.2. The Kier molecular flexibility index (Phi) is 9.85. The van der Waals surface area contributed by atoms with Gasteiger partial charge in [0.15, 0.2) is 12.0 Å². The van der Waals surface area contributed by atoms with Gasteiger partial charge < -0.3 is 18.7 Å². The first-order valence-electron chi connectivity index (χ1n) is 25.4. The van der Waals surface area contributed by atoms with Crippen LogP contribution in [0.2, 0.25) is 0 Å². The lowest BCUT2D eigenvalue weighted by molar-refractivity contribution is 0.628. The molecule has 15 rings (SSSR count). The van der Waals surface area contributed by atoms with Gasteiger partial charge in [-0.25, -0.2) is 9.98 Å². The van der Waals surface area contributed by atoms with Crippen molar-refractivity contribution in [1.29, 1.82) is 0 Å². The number of nitrogens with zero attached hydrogens (tertiary/aromatic N) is 3. The van der Waals surface area contributed by atoms with Crippen molar-refractivity contribution in [1.82, 2.24) is 9.88 Å². The van der Waals surface area contributed by atoms with Crippen molar-refractivity contribution in [2.75, 3.05) is 0 Å². The Morgan fingerprint density at radius 2 is 0.867 bits per heavy atom. The van der Waals surface area contributed by atoms with Crippen LogP contribution in [0.5, 0.6) is 0 Å². The second-order valence-electron chi connectivity index (χ2n) is 19.2. The van der Waals surface area contributed by atoms with Crippen LogP contribution < -0.4 is 5.32 Å². The summed E-state index contributed by atoms with van der Waals surface area (Å²) in [5.41, 5.74) is 18.1. The lowest BCUT2D eigenvalue weighted by atomic mass is 9.92. The van der Waals surface area contributed by atoms with Gasteiger partial charge in [-0.1, -0.05) is 200 Å².